The van der Waals surface area contributed by atoms with Crippen LogP contribution in [0.1, 0.15) is 46.3 Å². The maximum absolute atomic E-state index is 13.1. The van der Waals surface area contributed by atoms with Crippen LogP contribution in [0, 0.1) is 6.92 Å². The summed E-state index contributed by atoms with van der Waals surface area (Å²) in [4.78, 5) is 53.2. The lowest BCUT2D eigenvalue weighted by atomic mass is 9.83. The number of hydrogen-bond donors (Lipinski definition) is 2. The Hall–Kier alpha value is -4.40. The average molecular weight is 461 g/mol. The number of rotatable bonds is 3. The van der Waals surface area contributed by atoms with Crippen LogP contribution in [-0.4, -0.2) is 29.0 Å². The van der Waals surface area contributed by atoms with Crippen LogP contribution in [0.4, 0.5) is 0 Å². The number of esters is 1. The van der Waals surface area contributed by atoms with Crippen molar-refractivity contribution in [2.24, 2.45) is 0 Å². The summed E-state index contributed by atoms with van der Waals surface area (Å²) in [7, 11) is 1.51. The Morgan fingerprint density at radius 2 is 1.94 bits per heavy atom. The van der Waals surface area contributed by atoms with Crippen LogP contribution in [0.2, 0.25) is 0 Å². The fourth-order valence-electron chi connectivity index (χ4n) is 4.59. The number of ketones is 1. The summed E-state index contributed by atoms with van der Waals surface area (Å²) in [5, 5.41) is 11.7. The smallest absolute Gasteiger partial charge is 0.336 e. The first-order valence-electron chi connectivity index (χ1n) is 10.5. The van der Waals surface area contributed by atoms with E-state index in [0.29, 0.717) is 22.2 Å². The second kappa shape index (κ2) is 7.58. The number of aryl methyl sites for hydroxylation is 1. The van der Waals surface area contributed by atoms with Gasteiger partial charge in [-0.15, -0.1) is 0 Å². The molecule has 2 aromatic heterocycles. The zero-order chi connectivity index (χ0) is 24.3. The molecule has 0 radical (unpaired) electrons. The van der Waals surface area contributed by atoms with Crippen LogP contribution in [0.25, 0.3) is 21.9 Å². The lowest BCUT2D eigenvalue weighted by molar-refractivity contribution is -0.135. The number of hydrogen-bond acceptors (Lipinski definition) is 8. The molecule has 5 rings (SSSR count). The van der Waals surface area contributed by atoms with Crippen LogP contribution >= 0.6 is 0 Å². The van der Waals surface area contributed by atoms with Crippen molar-refractivity contribution >= 4 is 33.6 Å². The average Bonchev–Trinajstić information content (AvgIpc) is 2.76. The van der Waals surface area contributed by atoms with Crippen LogP contribution in [-0.2, 0) is 4.79 Å². The maximum atomic E-state index is 13.1. The first-order chi connectivity index (χ1) is 16.2. The number of aromatic amines is 1. The second-order valence-corrected chi connectivity index (χ2v) is 8.21. The van der Waals surface area contributed by atoms with Crippen molar-refractivity contribution in [2.45, 2.75) is 26.2 Å². The molecule has 1 atom stereocenters. The van der Waals surface area contributed by atoms with Gasteiger partial charge in [0.05, 0.1) is 24.4 Å². The molecule has 0 saturated heterocycles. The van der Waals surface area contributed by atoms with Gasteiger partial charge in [-0.2, -0.15) is 0 Å². The van der Waals surface area contributed by atoms with Crippen molar-refractivity contribution in [2.75, 3.05) is 7.11 Å². The molecule has 2 aromatic carbocycles. The normalized spacial score (nSPS) is 15.3. The number of H-pyrrole nitrogens is 1. The van der Waals surface area contributed by atoms with Gasteiger partial charge < -0.3 is 24.0 Å². The molecule has 0 amide bonds. The van der Waals surface area contributed by atoms with E-state index in [9.17, 15) is 24.3 Å². The van der Waals surface area contributed by atoms with E-state index >= 15 is 0 Å². The van der Waals surface area contributed by atoms with Gasteiger partial charge in [-0.05, 0) is 43.0 Å². The number of carbonyl (C=O) groups is 2. The van der Waals surface area contributed by atoms with Crippen LogP contribution in [0.3, 0.4) is 0 Å². The van der Waals surface area contributed by atoms with E-state index in [1.165, 1.54) is 20.1 Å². The minimum Gasteiger partial charge on any atom is -0.506 e. The van der Waals surface area contributed by atoms with Crippen molar-refractivity contribution in [1.82, 2.24) is 4.98 Å². The Balaban J connectivity index is 1.89. The molecule has 3 heterocycles. The molecular formula is C25H19NO8. The number of aromatic nitrogens is 1. The third-order valence-corrected chi connectivity index (χ3v) is 6.09. The van der Waals surface area contributed by atoms with E-state index < -0.39 is 34.6 Å². The predicted octanol–water partition coefficient (Wildman–Crippen LogP) is 3.30. The number of fused-ring (bicyclic) bond motifs is 4. The first kappa shape index (κ1) is 21.4. The van der Waals surface area contributed by atoms with Gasteiger partial charge in [-0.25, -0.2) is 4.79 Å². The molecule has 0 spiro atoms. The number of phenolic OH excluding ortho intramolecular Hbond substituents is 1. The van der Waals surface area contributed by atoms with Crippen LogP contribution < -0.4 is 20.7 Å². The molecule has 9 nitrogen and oxygen atoms in total. The fraction of sp³-hybridized carbons (Fsp3) is 0.200. The standard InChI is InChI=1S/C25H19NO8/c1-10-6-17(28)33-23-19(10)22(30)20(11(2)27)24-21(23)14(9-18(29)34-24)15-7-12-4-5-13(32-3)8-16(12)26-25(15)31/h4-8,14,30H,9H2,1-3H3,(H,26,31)/t14-/m0/s1. The summed E-state index contributed by atoms with van der Waals surface area (Å²) in [5.74, 6) is -2.22. The lowest BCUT2D eigenvalue weighted by Crippen LogP contribution is -2.27. The van der Waals surface area contributed by atoms with Gasteiger partial charge in [0.15, 0.2) is 11.5 Å². The topological polar surface area (TPSA) is 136 Å². The first-order valence-corrected chi connectivity index (χ1v) is 10.5. The summed E-state index contributed by atoms with van der Waals surface area (Å²) in [6, 6.07) is 8.00. The third kappa shape index (κ3) is 3.16. The zero-order valence-electron chi connectivity index (χ0n) is 18.5. The number of benzene rings is 2. The minimum absolute atomic E-state index is 0.0331. The highest BCUT2D eigenvalue weighted by Crippen LogP contribution is 2.49. The summed E-state index contributed by atoms with van der Waals surface area (Å²) in [6.07, 6.45) is -0.230. The molecule has 9 heteroatoms. The van der Waals surface area contributed by atoms with Crippen molar-refractivity contribution < 1.29 is 28.6 Å². The molecule has 34 heavy (non-hydrogen) atoms. The van der Waals surface area contributed by atoms with Gasteiger partial charge in [0.25, 0.3) is 5.56 Å². The molecule has 0 unspecified atom stereocenters. The fourth-order valence-corrected chi connectivity index (χ4v) is 4.59. The highest BCUT2D eigenvalue weighted by molar-refractivity contribution is 6.09. The Kier molecular flexibility index (Phi) is 4.78. The van der Waals surface area contributed by atoms with Gasteiger partial charge in [0.2, 0.25) is 0 Å². The molecule has 0 saturated carbocycles. The molecule has 0 bridgehead atoms. The monoisotopic (exact) mass is 461 g/mol. The van der Waals surface area contributed by atoms with E-state index in [2.05, 4.69) is 4.98 Å². The lowest BCUT2D eigenvalue weighted by Gasteiger charge is -2.27. The van der Waals surface area contributed by atoms with Gasteiger partial charge in [-0.3, -0.25) is 14.4 Å². The number of ether oxygens (including phenoxy) is 2. The summed E-state index contributed by atoms with van der Waals surface area (Å²) in [6.45, 7) is 2.82. The van der Waals surface area contributed by atoms with Crippen LogP contribution in [0.15, 0.2) is 44.3 Å². The van der Waals surface area contributed by atoms with E-state index in [1.54, 1.807) is 31.2 Å². The third-order valence-electron chi connectivity index (χ3n) is 6.09. The van der Waals surface area contributed by atoms with E-state index in [0.717, 1.165) is 0 Å². The van der Waals surface area contributed by atoms with Gasteiger partial charge in [0.1, 0.15) is 22.6 Å². The Labute approximate surface area is 191 Å². The summed E-state index contributed by atoms with van der Waals surface area (Å²) in [5.41, 5.74) is -0.0608. The van der Waals surface area contributed by atoms with Crippen molar-refractivity contribution in [3.05, 3.63) is 73.4 Å². The molecule has 4 aromatic rings. The molecular weight excluding hydrogens is 442 g/mol. The molecule has 0 aliphatic carbocycles. The molecule has 2 N–H and O–H groups in total. The number of methoxy groups -OCH3 is 1. The Bertz CT molecular complexity index is 1660. The van der Waals surface area contributed by atoms with Crippen LogP contribution in [0.5, 0.6) is 17.2 Å². The van der Waals surface area contributed by atoms with Crippen molar-refractivity contribution in [3.8, 4) is 17.2 Å². The highest BCUT2D eigenvalue weighted by atomic mass is 16.5. The van der Waals surface area contributed by atoms with Crippen molar-refractivity contribution in [3.63, 3.8) is 0 Å². The summed E-state index contributed by atoms with van der Waals surface area (Å²) >= 11 is 0. The quantitative estimate of drug-likeness (QED) is 0.205. The summed E-state index contributed by atoms with van der Waals surface area (Å²) < 4.78 is 16.1. The number of carbonyl (C=O) groups excluding carboxylic acids is 2. The van der Waals surface area contributed by atoms with Gasteiger partial charge in [0, 0.05) is 29.2 Å². The minimum atomic E-state index is -0.891. The number of nitrogens with one attached hydrogen (secondary N) is 1. The van der Waals surface area contributed by atoms with Gasteiger partial charge >= 0.3 is 11.6 Å². The predicted molar refractivity (Wildman–Crippen MR) is 122 cm³/mol. The molecule has 0 fully saturated rings. The molecule has 1 aliphatic heterocycles. The largest absolute Gasteiger partial charge is 0.506 e. The number of aromatic hydroxyl groups is 1. The zero-order valence-corrected chi connectivity index (χ0v) is 18.5. The Morgan fingerprint density at radius 3 is 2.65 bits per heavy atom. The van der Waals surface area contributed by atoms with E-state index in [4.69, 9.17) is 13.9 Å². The Morgan fingerprint density at radius 1 is 1.18 bits per heavy atom. The second-order valence-electron chi connectivity index (χ2n) is 8.21. The maximum Gasteiger partial charge on any atom is 0.336 e. The molecule has 1 aliphatic rings. The SMILES string of the molecule is COc1ccc2cc([C@@H]3CC(=O)Oc4c(C(C)=O)c(O)c5c(C)cc(=O)oc5c43)c(=O)[nH]c2c1. The number of Topliss-reactive ketones (excluding diaryl/α,β-unsaturated/α-hetero) is 1. The van der Waals surface area contributed by atoms with Gasteiger partial charge in [-0.1, -0.05) is 0 Å². The van der Waals surface area contributed by atoms with E-state index in [-0.39, 0.29) is 39.8 Å². The number of pyridine rings is 1. The highest BCUT2D eigenvalue weighted by Gasteiger charge is 2.38. The molecule has 172 valence electrons. The van der Waals surface area contributed by atoms with E-state index in [1.807, 2.05) is 0 Å². The number of phenols is 1. The van der Waals surface area contributed by atoms with Crippen molar-refractivity contribution in [1.29, 1.82) is 0 Å².